The Bertz CT molecular complexity index is 837. The molecule has 0 saturated carbocycles. The smallest absolute Gasteiger partial charge is 0.308 e. The van der Waals surface area contributed by atoms with Gasteiger partial charge in [-0.05, 0) is 18.2 Å². The van der Waals surface area contributed by atoms with Crippen LogP contribution in [0.1, 0.15) is 22.3 Å². The van der Waals surface area contributed by atoms with Crippen molar-refractivity contribution in [2.75, 3.05) is 7.11 Å². The zero-order valence-corrected chi connectivity index (χ0v) is 14.8. The third kappa shape index (κ3) is 4.51. The van der Waals surface area contributed by atoms with Crippen molar-refractivity contribution in [2.24, 2.45) is 0 Å². The number of carbonyl (C=O) groups is 3. The highest BCUT2D eigenvalue weighted by molar-refractivity contribution is 6.02. The molecule has 2 N–H and O–H groups in total. The summed E-state index contributed by atoms with van der Waals surface area (Å²) in [5.41, 5.74) is 1.21. The van der Waals surface area contributed by atoms with Crippen molar-refractivity contribution in [1.82, 2.24) is 10.6 Å². The van der Waals surface area contributed by atoms with E-state index in [9.17, 15) is 14.4 Å². The first-order valence-electron chi connectivity index (χ1n) is 8.51. The van der Waals surface area contributed by atoms with E-state index in [1.54, 1.807) is 49.6 Å². The van der Waals surface area contributed by atoms with Crippen LogP contribution in [0.2, 0.25) is 0 Å². The number of ether oxygens (including phenoxy) is 2. The van der Waals surface area contributed by atoms with Gasteiger partial charge in [0.05, 0.1) is 19.6 Å². The van der Waals surface area contributed by atoms with Crippen molar-refractivity contribution in [3.8, 4) is 5.75 Å². The first kappa shape index (κ1) is 18.6. The van der Waals surface area contributed by atoms with Crippen molar-refractivity contribution in [3.05, 3.63) is 65.7 Å². The summed E-state index contributed by atoms with van der Waals surface area (Å²) in [6, 6.07) is 15.2. The van der Waals surface area contributed by atoms with Crippen LogP contribution < -0.4 is 15.4 Å². The number of amides is 1. The average molecular weight is 368 g/mol. The van der Waals surface area contributed by atoms with Gasteiger partial charge in [-0.3, -0.25) is 19.7 Å². The van der Waals surface area contributed by atoms with Gasteiger partial charge in [0.1, 0.15) is 18.5 Å². The Morgan fingerprint density at radius 3 is 2.48 bits per heavy atom. The van der Waals surface area contributed by atoms with E-state index in [0.717, 1.165) is 5.56 Å². The summed E-state index contributed by atoms with van der Waals surface area (Å²) in [6.07, 6.45) is -0.879. The first-order chi connectivity index (χ1) is 13.1. The lowest BCUT2D eigenvalue weighted by Crippen LogP contribution is -2.69. The predicted octanol–water partition coefficient (Wildman–Crippen LogP) is 1.43. The maximum atomic E-state index is 12.1. The summed E-state index contributed by atoms with van der Waals surface area (Å²) >= 11 is 0. The molecule has 140 valence electrons. The van der Waals surface area contributed by atoms with Gasteiger partial charge in [-0.1, -0.05) is 36.4 Å². The average Bonchev–Trinajstić information content (AvgIpc) is 2.71. The van der Waals surface area contributed by atoms with Gasteiger partial charge in [-0.15, -0.1) is 0 Å². The Balaban J connectivity index is 1.44. The number of para-hydroxylation sites is 1. The second-order valence-corrected chi connectivity index (χ2v) is 6.07. The lowest BCUT2D eigenvalue weighted by Gasteiger charge is -2.35. The van der Waals surface area contributed by atoms with Crippen LogP contribution in [0.5, 0.6) is 5.75 Å². The fraction of sp³-hybridized carbons (Fsp3) is 0.250. The molecule has 0 aromatic heterocycles. The molecule has 1 aliphatic rings. The Labute approximate surface area is 156 Å². The number of hydrogen-bond donors (Lipinski definition) is 2. The van der Waals surface area contributed by atoms with Crippen LogP contribution in [0.4, 0.5) is 0 Å². The molecule has 3 rings (SSSR count). The lowest BCUT2D eigenvalue weighted by atomic mass is 9.97. The van der Waals surface area contributed by atoms with Crippen molar-refractivity contribution >= 4 is 17.7 Å². The van der Waals surface area contributed by atoms with Crippen LogP contribution in [0.25, 0.3) is 0 Å². The minimum Gasteiger partial charge on any atom is -0.496 e. The monoisotopic (exact) mass is 368 g/mol. The molecule has 2 unspecified atom stereocenters. The van der Waals surface area contributed by atoms with E-state index >= 15 is 0 Å². The quantitative estimate of drug-likeness (QED) is 0.718. The molecule has 2 aromatic rings. The van der Waals surface area contributed by atoms with Crippen LogP contribution in [0.15, 0.2) is 54.6 Å². The van der Waals surface area contributed by atoms with E-state index < -0.39 is 18.2 Å². The number of Topliss-reactive ketones (excluding diaryl/α,β-unsaturated/α-hetero) is 1. The van der Waals surface area contributed by atoms with Gasteiger partial charge in [0, 0.05) is 11.1 Å². The molecule has 1 amide bonds. The molecule has 1 heterocycles. The number of carbonyl (C=O) groups excluding carboxylic acids is 3. The first-order valence-corrected chi connectivity index (χ1v) is 8.51. The molecule has 0 radical (unpaired) electrons. The summed E-state index contributed by atoms with van der Waals surface area (Å²) < 4.78 is 10.4. The summed E-state index contributed by atoms with van der Waals surface area (Å²) in [4.78, 5) is 36.1. The van der Waals surface area contributed by atoms with Crippen molar-refractivity contribution < 1.29 is 23.9 Å². The molecule has 2 aromatic carbocycles. The predicted molar refractivity (Wildman–Crippen MR) is 97.0 cm³/mol. The van der Waals surface area contributed by atoms with Gasteiger partial charge in [0.15, 0.2) is 5.78 Å². The van der Waals surface area contributed by atoms with Crippen molar-refractivity contribution in [2.45, 2.75) is 25.2 Å². The van der Waals surface area contributed by atoms with E-state index in [2.05, 4.69) is 10.6 Å². The van der Waals surface area contributed by atoms with Crippen molar-refractivity contribution in [3.63, 3.8) is 0 Å². The van der Waals surface area contributed by atoms with Crippen LogP contribution in [0.3, 0.4) is 0 Å². The number of hydrogen-bond acceptors (Lipinski definition) is 6. The van der Waals surface area contributed by atoms with Crippen LogP contribution >= 0.6 is 0 Å². The van der Waals surface area contributed by atoms with Crippen molar-refractivity contribution in [1.29, 1.82) is 0 Å². The molecule has 7 nitrogen and oxygen atoms in total. The Morgan fingerprint density at radius 1 is 1.07 bits per heavy atom. The highest BCUT2D eigenvalue weighted by Crippen LogP contribution is 2.19. The SMILES string of the molecule is COc1ccccc1COC(=O)CC1NC(NC(=O)c2ccccc2)C1=O. The fourth-order valence-electron chi connectivity index (χ4n) is 2.75. The number of nitrogens with one attached hydrogen (secondary N) is 2. The number of ketones is 1. The largest absolute Gasteiger partial charge is 0.496 e. The second-order valence-electron chi connectivity index (χ2n) is 6.07. The molecule has 1 saturated heterocycles. The Morgan fingerprint density at radius 2 is 1.78 bits per heavy atom. The molecular weight excluding hydrogens is 348 g/mol. The van der Waals surface area contributed by atoms with E-state index in [-0.39, 0.29) is 24.7 Å². The Kier molecular flexibility index (Phi) is 5.83. The molecule has 2 atom stereocenters. The number of methoxy groups -OCH3 is 1. The highest BCUT2D eigenvalue weighted by atomic mass is 16.5. The topological polar surface area (TPSA) is 93.7 Å². The molecular formula is C20H20N2O5. The number of benzene rings is 2. The molecule has 0 spiro atoms. The second kappa shape index (κ2) is 8.46. The van der Waals surface area contributed by atoms with Gasteiger partial charge in [0.2, 0.25) is 0 Å². The van der Waals surface area contributed by atoms with Gasteiger partial charge in [0.25, 0.3) is 5.91 Å². The maximum absolute atomic E-state index is 12.1. The molecule has 1 aliphatic heterocycles. The molecule has 0 bridgehead atoms. The molecule has 1 fully saturated rings. The Hall–Kier alpha value is -3.19. The van der Waals surface area contributed by atoms with Crippen LogP contribution in [-0.4, -0.2) is 37.0 Å². The van der Waals surface area contributed by atoms with Gasteiger partial charge in [-0.2, -0.15) is 0 Å². The van der Waals surface area contributed by atoms with E-state index in [0.29, 0.717) is 11.3 Å². The fourth-order valence-corrected chi connectivity index (χ4v) is 2.75. The summed E-state index contributed by atoms with van der Waals surface area (Å²) in [5.74, 6) is -0.460. The zero-order chi connectivity index (χ0) is 19.2. The number of rotatable bonds is 7. The van der Waals surface area contributed by atoms with E-state index in [4.69, 9.17) is 9.47 Å². The van der Waals surface area contributed by atoms with Gasteiger partial charge in [-0.25, -0.2) is 0 Å². The lowest BCUT2D eigenvalue weighted by molar-refractivity contribution is -0.149. The minimum atomic E-state index is -0.787. The molecule has 7 heteroatoms. The summed E-state index contributed by atoms with van der Waals surface area (Å²) in [5, 5.41) is 5.47. The molecule has 0 aliphatic carbocycles. The zero-order valence-electron chi connectivity index (χ0n) is 14.8. The standard InChI is InChI=1S/C20H20N2O5/c1-26-16-10-6-5-9-14(16)12-27-17(23)11-15-18(24)19(21-15)22-20(25)13-7-3-2-4-8-13/h2-10,15,19,21H,11-12H2,1H3,(H,22,25). The van der Waals surface area contributed by atoms with Crippen LogP contribution in [0, 0.1) is 0 Å². The third-order valence-electron chi connectivity index (χ3n) is 4.26. The third-order valence-corrected chi connectivity index (χ3v) is 4.26. The number of esters is 1. The van der Waals surface area contributed by atoms with Gasteiger partial charge < -0.3 is 14.8 Å². The normalized spacial score (nSPS) is 18.3. The summed E-state index contributed by atoms with van der Waals surface area (Å²) in [6.45, 7) is 0.0674. The summed E-state index contributed by atoms with van der Waals surface area (Å²) in [7, 11) is 1.54. The van der Waals surface area contributed by atoms with E-state index in [1.807, 2.05) is 12.1 Å². The van der Waals surface area contributed by atoms with Crippen LogP contribution in [-0.2, 0) is 20.9 Å². The van der Waals surface area contributed by atoms with Gasteiger partial charge >= 0.3 is 5.97 Å². The van der Waals surface area contributed by atoms with E-state index in [1.165, 1.54) is 0 Å². The highest BCUT2D eigenvalue weighted by Gasteiger charge is 2.41. The molecule has 27 heavy (non-hydrogen) atoms. The maximum Gasteiger partial charge on any atom is 0.308 e. The minimum absolute atomic E-state index is 0.0674.